The summed E-state index contributed by atoms with van der Waals surface area (Å²) in [5, 5.41) is 7.64. The number of anilines is 2. The third kappa shape index (κ3) is 8.32. The number of para-hydroxylation sites is 1. The number of nitrogens with zero attached hydrogens (tertiary/aromatic N) is 3. The number of aromatic nitrogens is 2. The normalized spacial score (nSPS) is 16.5. The van der Waals surface area contributed by atoms with Crippen molar-refractivity contribution in [3.05, 3.63) is 94.8 Å². The van der Waals surface area contributed by atoms with Crippen molar-refractivity contribution >= 4 is 45.8 Å². The van der Waals surface area contributed by atoms with E-state index >= 15 is 0 Å². The van der Waals surface area contributed by atoms with Crippen molar-refractivity contribution < 1.29 is 9.59 Å². The molecule has 4 aromatic rings. The van der Waals surface area contributed by atoms with Crippen LogP contribution in [-0.4, -0.2) is 42.4 Å². The molecule has 1 saturated carbocycles. The van der Waals surface area contributed by atoms with E-state index in [1.54, 1.807) is 30.3 Å². The smallest absolute Gasteiger partial charge is 0.255 e. The Morgan fingerprint density at radius 2 is 1.65 bits per heavy atom. The van der Waals surface area contributed by atoms with Gasteiger partial charge in [-0.25, -0.2) is 9.97 Å². The van der Waals surface area contributed by atoms with Gasteiger partial charge in [0.2, 0.25) is 5.91 Å². The number of carbonyl (C=O) groups excluding carboxylic acids is 2. The molecule has 8 heteroatoms. The summed E-state index contributed by atoms with van der Waals surface area (Å²) in [7, 11) is 4.06. The second-order valence-corrected chi connectivity index (χ2v) is 12.2. The monoisotopic (exact) mass is 597 g/mol. The molecule has 0 spiro atoms. The highest BCUT2D eigenvalue weighted by atomic mass is 35.5. The maximum absolute atomic E-state index is 12.9. The fraction of sp³-hybridized carbons (Fsp3) is 0.371. The summed E-state index contributed by atoms with van der Waals surface area (Å²) in [6.07, 6.45) is 7.95. The number of fused-ring (bicyclic) bond motifs is 1. The van der Waals surface area contributed by atoms with Gasteiger partial charge < -0.3 is 15.5 Å². The van der Waals surface area contributed by atoms with Gasteiger partial charge in [0, 0.05) is 48.7 Å². The first-order valence-corrected chi connectivity index (χ1v) is 15.6. The van der Waals surface area contributed by atoms with Crippen LogP contribution in [0.25, 0.3) is 10.9 Å². The van der Waals surface area contributed by atoms with Crippen molar-refractivity contribution in [1.82, 2.24) is 15.3 Å². The van der Waals surface area contributed by atoms with E-state index in [-0.39, 0.29) is 18.2 Å². The van der Waals surface area contributed by atoms with E-state index in [1.165, 1.54) is 19.3 Å². The SMILES string of the molecule is CN(C)c1nc(CCCC2CCC(CNC(=O)Cc3ccccc3C(=O)Nc3cccc(Cl)c3)CC2)nc2ccccc12. The minimum absolute atomic E-state index is 0.0578. The van der Waals surface area contributed by atoms with Crippen molar-refractivity contribution in [2.24, 2.45) is 11.8 Å². The maximum Gasteiger partial charge on any atom is 0.255 e. The number of hydrogen-bond acceptors (Lipinski definition) is 5. The molecule has 0 aliphatic heterocycles. The Morgan fingerprint density at radius 1 is 0.907 bits per heavy atom. The molecule has 1 aliphatic rings. The third-order valence-electron chi connectivity index (χ3n) is 8.32. The zero-order valence-corrected chi connectivity index (χ0v) is 25.7. The van der Waals surface area contributed by atoms with Crippen molar-refractivity contribution in [3.8, 4) is 0 Å². The molecule has 2 N–H and O–H groups in total. The van der Waals surface area contributed by atoms with Crippen molar-refractivity contribution in [1.29, 1.82) is 0 Å². The highest BCUT2D eigenvalue weighted by Crippen LogP contribution is 2.32. The Hall–Kier alpha value is -3.97. The largest absolute Gasteiger partial charge is 0.362 e. The highest BCUT2D eigenvalue weighted by molar-refractivity contribution is 6.31. The Morgan fingerprint density at radius 3 is 2.44 bits per heavy atom. The molecule has 0 atom stereocenters. The van der Waals surface area contributed by atoms with Crippen LogP contribution in [0.4, 0.5) is 11.5 Å². The molecule has 7 nitrogen and oxygen atoms in total. The van der Waals surface area contributed by atoms with Crippen LogP contribution in [0, 0.1) is 11.8 Å². The maximum atomic E-state index is 12.9. The first-order chi connectivity index (χ1) is 20.9. The molecule has 2 amide bonds. The Balaban J connectivity index is 1.05. The molecular formula is C35H40ClN5O2. The summed E-state index contributed by atoms with van der Waals surface area (Å²) in [5.74, 6) is 2.79. The Kier molecular flexibility index (Phi) is 10.3. The van der Waals surface area contributed by atoms with Crippen LogP contribution in [0.1, 0.15) is 60.3 Å². The van der Waals surface area contributed by atoms with E-state index in [0.29, 0.717) is 40.2 Å². The van der Waals surface area contributed by atoms with Gasteiger partial charge in [0.05, 0.1) is 11.9 Å². The quantitative estimate of drug-likeness (QED) is 0.193. The molecule has 43 heavy (non-hydrogen) atoms. The van der Waals surface area contributed by atoms with Crippen LogP contribution in [0.5, 0.6) is 0 Å². The second-order valence-electron chi connectivity index (χ2n) is 11.8. The lowest BCUT2D eigenvalue weighted by Crippen LogP contribution is -2.32. The number of benzene rings is 3. The molecule has 1 fully saturated rings. The predicted octanol–water partition coefficient (Wildman–Crippen LogP) is 7.09. The lowest BCUT2D eigenvalue weighted by Gasteiger charge is -2.28. The van der Waals surface area contributed by atoms with Crippen LogP contribution < -0.4 is 15.5 Å². The number of hydrogen-bond donors (Lipinski definition) is 2. The van der Waals surface area contributed by atoms with Gasteiger partial charge in [0.1, 0.15) is 11.6 Å². The number of rotatable bonds is 11. The molecular weight excluding hydrogens is 558 g/mol. The molecule has 0 unspecified atom stereocenters. The molecule has 3 aromatic carbocycles. The summed E-state index contributed by atoms with van der Waals surface area (Å²) >= 11 is 6.05. The minimum atomic E-state index is -0.255. The molecule has 0 radical (unpaired) electrons. The molecule has 0 bridgehead atoms. The lowest BCUT2D eigenvalue weighted by atomic mass is 9.80. The van der Waals surface area contributed by atoms with Gasteiger partial charge >= 0.3 is 0 Å². The van der Waals surface area contributed by atoms with E-state index in [4.69, 9.17) is 21.6 Å². The second kappa shape index (κ2) is 14.5. The average molecular weight is 598 g/mol. The molecule has 1 heterocycles. The first-order valence-electron chi connectivity index (χ1n) is 15.2. The molecule has 1 aliphatic carbocycles. The van der Waals surface area contributed by atoms with Crippen LogP contribution >= 0.6 is 11.6 Å². The number of aryl methyl sites for hydroxylation is 1. The zero-order chi connectivity index (χ0) is 30.2. The van der Waals surface area contributed by atoms with Gasteiger partial charge in [0.25, 0.3) is 5.91 Å². The van der Waals surface area contributed by atoms with Crippen molar-refractivity contribution in [2.75, 3.05) is 30.9 Å². The van der Waals surface area contributed by atoms with Gasteiger partial charge in [-0.2, -0.15) is 0 Å². The summed E-state index contributed by atoms with van der Waals surface area (Å²) in [6, 6.07) is 22.5. The van der Waals surface area contributed by atoms with E-state index < -0.39 is 0 Å². The minimum Gasteiger partial charge on any atom is -0.362 e. The summed E-state index contributed by atoms with van der Waals surface area (Å²) in [4.78, 5) is 37.5. The van der Waals surface area contributed by atoms with E-state index in [0.717, 1.165) is 48.2 Å². The van der Waals surface area contributed by atoms with Crippen LogP contribution in [0.3, 0.4) is 0 Å². The fourth-order valence-corrected chi connectivity index (χ4v) is 6.18. The standard InChI is InChI=1S/C35H40ClN5O2/c1-41(2)34-30-14-5-6-15-31(30)39-32(40-34)16-7-9-24-17-19-25(20-18-24)23-37-33(42)21-26-10-3-4-13-29(26)35(43)38-28-12-8-11-27(36)22-28/h3-6,8,10-15,22,24-25H,7,9,16-21,23H2,1-2H3,(H,37,42)(H,38,43). The number of amides is 2. The van der Waals surface area contributed by atoms with Crippen molar-refractivity contribution in [2.45, 2.75) is 51.4 Å². The summed E-state index contributed by atoms with van der Waals surface area (Å²) in [5.41, 5.74) is 2.82. The topological polar surface area (TPSA) is 87.2 Å². The Labute approximate surface area is 259 Å². The van der Waals surface area contributed by atoms with E-state index in [2.05, 4.69) is 27.7 Å². The van der Waals surface area contributed by atoms with Gasteiger partial charge in [-0.15, -0.1) is 0 Å². The lowest BCUT2D eigenvalue weighted by molar-refractivity contribution is -0.120. The third-order valence-corrected chi connectivity index (χ3v) is 8.55. The van der Waals surface area contributed by atoms with Crippen molar-refractivity contribution in [3.63, 3.8) is 0 Å². The zero-order valence-electron chi connectivity index (χ0n) is 25.0. The summed E-state index contributed by atoms with van der Waals surface area (Å²) < 4.78 is 0. The molecule has 5 rings (SSSR count). The number of nitrogens with one attached hydrogen (secondary N) is 2. The predicted molar refractivity (Wildman–Crippen MR) is 175 cm³/mol. The van der Waals surface area contributed by atoms with E-state index in [9.17, 15) is 9.59 Å². The van der Waals surface area contributed by atoms with Gasteiger partial charge in [-0.05, 0) is 73.1 Å². The number of carbonyl (C=O) groups is 2. The fourth-order valence-electron chi connectivity index (χ4n) is 5.99. The molecule has 224 valence electrons. The highest BCUT2D eigenvalue weighted by Gasteiger charge is 2.22. The summed E-state index contributed by atoms with van der Waals surface area (Å²) in [6.45, 7) is 0.681. The van der Waals surface area contributed by atoms with Gasteiger partial charge in [-0.1, -0.05) is 67.3 Å². The Bertz CT molecular complexity index is 1570. The first kappa shape index (κ1) is 30.5. The van der Waals surface area contributed by atoms with Gasteiger partial charge in [-0.3, -0.25) is 9.59 Å². The van der Waals surface area contributed by atoms with Crippen LogP contribution in [0.2, 0.25) is 5.02 Å². The average Bonchev–Trinajstić information content (AvgIpc) is 3.00. The van der Waals surface area contributed by atoms with Crippen LogP contribution in [-0.2, 0) is 17.6 Å². The van der Waals surface area contributed by atoms with E-state index in [1.807, 2.05) is 44.4 Å². The van der Waals surface area contributed by atoms with Crippen LogP contribution in [0.15, 0.2) is 72.8 Å². The molecule has 1 aromatic heterocycles. The molecule has 0 saturated heterocycles. The number of halogens is 1. The van der Waals surface area contributed by atoms with Gasteiger partial charge in [0.15, 0.2) is 0 Å².